The van der Waals surface area contributed by atoms with Gasteiger partial charge in [0.2, 0.25) is 0 Å². The van der Waals surface area contributed by atoms with E-state index in [2.05, 4.69) is 0 Å². The maximum Gasteiger partial charge on any atom is 0.341 e. The molecule has 1 heterocycles. The molecule has 0 amide bonds. The van der Waals surface area contributed by atoms with Crippen LogP contribution in [0.4, 0.5) is 0 Å². The van der Waals surface area contributed by atoms with E-state index < -0.39 is 11.4 Å². The molecule has 1 rings (SSSR count). The molecule has 1 aromatic heterocycles. The van der Waals surface area contributed by atoms with Crippen molar-refractivity contribution in [3.8, 4) is 0 Å². The van der Waals surface area contributed by atoms with Crippen LogP contribution in [0.25, 0.3) is 0 Å². The van der Waals surface area contributed by atoms with Crippen molar-refractivity contribution in [2.75, 3.05) is 0 Å². The first kappa shape index (κ1) is 7.53. The minimum atomic E-state index is -1.19. The Morgan fingerprint density at radius 1 is 1.64 bits per heavy atom. The first-order valence-electron chi connectivity index (χ1n) is 3.01. The zero-order valence-corrected chi connectivity index (χ0v) is 5.94. The molecular weight excluding hydrogens is 146 g/mol. The maximum absolute atomic E-state index is 10.8. The smallest absolute Gasteiger partial charge is 0.341 e. The lowest BCUT2D eigenvalue weighted by Crippen LogP contribution is -2.15. The van der Waals surface area contributed by atoms with Gasteiger partial charge in [-0.05, 0) is 0 Å². The zero-order valence-electron chi connectivity index (χ0n) is 5.94. The molecule has 1 N–H and O–H groups in total. The molecule has 0 bridgehead atoms. The van der Waals surface area contributed by atoms with E-state index in [-0.39, 0.29) is 5.56 Å². The van der Waals surface area contributed by atoms with Crippen molar-refractivity contribution in [3.63, 3.8) is 0 Å². The van der Waals surface area contributed by atoms with E-state index in [9.17, 15) is 9.59 Å². The van der Waals surface area contributed by atoms with E-state index in [0.717, 1.165) is 0 Å². The highest BCUT2D eigenvalue weighted by Crippen LogP contribution is 1.89. The number of aromatic carboxylic acids is 1. The van der Waals surface area contributed by atoms with Gasteiger partial charge in [-0.1, -0.05) is 0 Å². The Bertz CT molecular complexity index is 340. The van der Waals surface area contributed by atoms with Crippen LogP contribution in [0.2, 0.25) is 0 Å². The quantitative estimate of drug-likeness (QED) is 0.621. The molecule has 0 radical (unpaired) electrons. The first-order valence-corrected chi connectivity index (χ1v) is 3.01. The molecule has 0 aliphatic heterocycles. The molecule has 0 aliphatic rings. The normalized spacial score (nSPS) is 9.55. The van der Waals surface area contributed by atoms with Crippen molar-refractivity contribution in [3.05, 3.63) is 34.2 Å². The number of rotatable bonds is 1. The van der Waals surface area contributed by atoms with Crippen LogP contribution in [0.3, 0.4) is 0 Å². The molecule has 0 aromatic carbocycles. The minimum absolute atomic E-state index is 0.199. The standard InChI is InChI=1S/C7H7NO3/c1-8-3-2-6(9)5(4-8)7(10)11/h2-4H,1H3,(H,10,11). The molecule has 0 saturated carbocycles. The van der Waals surface area contributed by atoms with Crippen molar-refractivity contribution in [1.29, 1.82) is 0 Å². The van der Waals surface area contributed by atoms with Gasteiger partial charge in [-0.2, -0.15) is 0 Å². The van der Waals surface area contributed by atoms with E-state index in [1.54, 1.807) is 7.05 Å². The number of carboxylic acids is 1. The van der Waals surface area contributed by atoms with E-state index in [0.29, 0.717) is 0 Å². The molecule has 0 spiro atoms. The van der Waals surface area contributed by atoms with Crippen molar-refractivity contribution < 1.29 is 9.90 Å². The third kappa shape index (κ3) is 1.46. The molecule has 0 atom stereocenters. The zero-order chi connectivity index (χ0) is 8.43. The molecule has 11 heavy (non-hydrogen) atoms. The fourth-order valence-corrected chi connectivity index (χ4v) is 0.746. The van der Waals surface area contributed by atoms with Crippen LogP contribution in [0, 0.1) is 0 Å². The topological polar surface area (TPSA) is 59.3 Å². The molecule has 0 saturated heterocycles. The van der Waals surface area contributed by atoms with Gasteiger partial charge in [0.05, 0.1) is 0 Å². The third-order valence-electron chi connectivity index (χ3n) is 1.29. The summed E-state index contributed by atoms with van der Waals surface area (Å²) in [6.07, 6.45) is 2.79. The van der Waals surface area contributed by atoms with Gasteiger partial charge >= 0.3 is 5.97 Å². The predicted molar refractivity (Wildman–Crippen MR) is 38.6 cm³/mol. The molecular formula is C7H7NO3. The first-order chi connectivity index (χ1) is 5.11. The summed E-state index contributed by atoms with van der Waals surface area (Å²) in [4.78, 5) is 21.2. The van der Waals surface area contributed by atoms with Crippen molar-refractivity contribution in [2.45, 2.75) is 0 Å². The summed E-state index contributed by atoms with van der Waals surface area (Å²) in [5, 5.41) is 8.48. The Labute approximate surface area is 62.7 Å². The van der Waals surface area contributed by atoms with Gasteiger partial charge in [0.1, 0.15) is 5.56 Å². The monoisotopic (exact) mass is 153 g/mol. The molecule has 4 heteroatoms. The average molecular weight is 153 g/mol. The van der Waals surface area contributed by atoms with E-state index in [1.807, 2.05) is 0 Å². The highest BCUT2D eigenvalue weighted by atomic mass is 16.4. The lowest BCUT2D eigenvalue weighted by Gasteiger charge is -1.96. The molecule has 1 aromatic rings. The minimum Gasteiger partial charge on any atom is -0.477 e. The number of nitrogens with zero attached hydrogens (tertiary/aromatic N) is 1. The number of aromatic nitrogens is 1. The summed E-state index contributed by atoms with van der Waals surface area (Å²) in [5.41, 5.74) is -0.661. The number of carbonyl (C=O) groups is 1. The Kier molecular flexibility index (Phi) is 1.76. The molecule has 0 aliphatic carbocycles. The largest absolute Gasteiger partial charge is 0.477 e. The lowest BCUT2D eigenvalue weighted by molar-refractivity contribution is 0.0694. The number of aryl methyl sites for hydroxylation is 1. The van der Waals surface area contributed by atoms with Crippen molar-refractivity contribution in [1.82, 2.24) is 4.57 Å². The summed E-state index contributed by atoms with van der Waals surface area (Å²) in [6.45, 7) is 0. The second kappa shape index (κ2) is 2.57. The van der Waals surface area contributed by atoms with Crippen LogP contribution in [0.15, 0.2) is 23.3 Å². The van der Waals surface area contributed by atoms with Crippen LogP contribution < -0.4 is 5.43 Å². The molecule has 58 valence electrons. The van der Waals surface area contributed by atoms with Gasteiger partial charge in [0, 0.05) is 25.5 Å². The highest BCUT2D eigenvalue weighted by Gasteiger charge is 2.06. The van der Waals surface area contributed by atoms with Crippen molar-refractivity contribution in [2.24, 2.45) is 7.05 Å². The lowest BCUT2D eigenvalue weighted by atomic mass is 10.3. The summed E-state index contributed by atoms with van der Waals surface area (Å²) >= 11 is 0. The number of pyridine rings is 1. The second-order valence-corrected chi connectivity index (χ2v) is 2.19. The number of hydrogen-bond acceptors (Lipinski definition) is 2. The van der Waals surface area contributed by atoms with Crippen LogP contribution in [0.5, 0.6) is 0 Å². The Morgan fingerprint density at radius 3 is 2.73 bits per heavy atom. The van der Waals surface area contributed by atoms with Gasteiger partial charge < -0.3 is 9.67 Å². The molecule has 0 fully saturated rings. The van der Waals surface area contributed by atoms with Crippen LogP contribution in [0.1, 0.15) is 10.4 Å². The Hall–Kier alpha value is -1.58. The summed E-state index contributed by atoms with van der Waals surface area (Å²) in [6, 6.07) is 1.23. The van der Waals surface area contributed by atoms with Gasteiger partial charge in [-0.3, -0.25) is 4.79 Å². The summed E-state index contributed by atoms with van der Waals surface area (Å²) < 4.78 is 1.52. The van der Waals surface area contributed by atoms with Crippen LogP contribution in [-0.4, -0.2) is 15.6 Å². The Balaban J connectivity index is 3.35. The van der Waals surface area contributed by atoms with Gasteiger partial charge in [-0.15, -0.1) is 0 Å². The van der Waals surface area contributed by atoms with Gasteiger partial charge in [0.15, 0.2) is 5.43 Å². The summed E-state index contributed by atoms with van der Waals surface area (Å²) in [5.74, 6) is -1.19. The average Bonchev–Trinajstić information content (AvgIpc) is 1.94. The second-order valence-electron chi connectivity index (χ2n) is 2.19. The fraction of sp³-hybridized carbons (Fsp3) is 0.143. The molecule has 4 nitrogen and oxygen atoms in total. The van der Waals surface area contributed by atoms with E-state index >= 15 is 0 Å². The number of carboxylic acid groups (broad SMARTS) is 1. The van der Waals surface area contributed by atoms with Gasteiger partial charge in [0.25, 0.3) is 0 Å². The van der Waals surface area contributed by atoms with E-state index in [1.165, 1.54) is 23.0 Å². The maximum atomic E-state index is 10.8. The summed E-state index contributed by atoms with van der Waals surface area (Å²) in [7, 11) is 1.66. The van der Waals surface area contributed by atoms with E-state index in [4.69, 9.17) is 5.11 Å². The SMILES string of the molecule is Cn1ccc(=O)c(C(=O)O)c1. The Morgan fingerprint density at radius 2 is 2.27 bits per heavy atom. The highest BCUT2D eigenvalue weighted by molar-refractivity contribution is 5.86. The van der Waals surface area contributed by atoms with Gasteiger partial charge in [-0.25, -0.2) is 4.79 Å². The predicted octanol–water partition coefficient (Wildman–Crippen LogP) is 0.0835. The van der Waals surface area contributed by atoms with Crippen LogP contribution in [-0.2, 0) is 7.05 Å². The van der Waals surface area contributed by atoms with Crippen molar-refractivity contribution >= 4 is 5.97 Å². The fourth-order valence-electron chi connectivity index (χ4n) is 0.746. The third-order valence-corrected chi connectivity index (χ3v) is 1.29. The number of hydrogen-bond donors (Lipinski definition) is 1. The van der Waals surface area contributed by atoms with Crippen LogP contribution >= 0.6 is 0 Å². The molecule has 0 unspecified atom stereocenters.